The molecule has 0 bridgehead atoms. The molecule has 0 N–H and O–H groups in total. The molecule has 1 fully saturated rings. The van der Waals surface area contributed by atoms with Crippen LogP contribution in [0.2, 0.25) is 0 Å². The fraction of sp³-hybridized carbons (Fsp3) is 1.00. The monoisotopic (exact) mass is 245 g/mol. The lowest BCUT2D eigenvalue weighted by Gasteiger charge is -2.35. The number of rotatable bonds is 7. The molecule has 0 aromatic rings. The molecule has 0 radical (unpaired) electrons. The van der Waals surface area contributed by atoms with Gasteiger partial charge in [-0.1, -0.05) is 0 Å². The lowest BCUT2D eigenvalue weighted by molar-refractivity contribution is 0.124. The Balaban J connectivity index is 2.04. The van der Waals surface area contributed by atoms with E-state index in [1.807, 2.05) is 0 Å². The Morgan fingerprint density at radius 2 is 1.50 bits per heavy atom. The van der Waals surface area contributed by atoms with Gasteiger partial charge >= 0.3 is 0 Å². The predicted molar refractivity (Wildman–Crippen MR) is 74.5 cm³/mol. The Bertz CT molecular complexity index is 168. The Hall–Kier alpha value is 0.230. The van der Waals surface area contributed by atoms with Crippen LogP contribution in [0.5, 0.6) is 0 Å². The normalized spacial score (nSPS) is 19.5. The van der Waals surface area contributed by atoms with Crippen LogP contribution in [0.4, 0.5) is 0 Å². The topological polar surface area (TPSA) is 9.72 Å². The summed E-state index contributed by atoms with van der Waals surface area (Å²) in [4.78, 5) is 7.43. The van der Waals surface area contributed by atoms with E-state index in [9.17, 15) is 0 Å². The van der Waals surface area contributed by atoms with Crippen LogP contribution in [-0.2, 0) is 0 Å². The van der Waals surface area contributed by atoms with Gasteiger partial charge in [0.15, 0.2) is 0 Å². The van der Waals surface area contributed by atoms with Crippen LogP contribution < -0.4 is 0 Å². The molecule has 0 aromatic carbocycles. The average molecular weight is 245 g/mol. The molecule has 0 spiro atoms. The lowest BCUT2D eigenvalue weighted by atomic mass is 10.2. The van der Waals surface area contributed by atoms with Crippen molar-refractivity contribution in [2.45, 2.75) is 12.8 Å². The molecule has 3 nitrogen and oxygen atoms in total. The summed E-state index contributed by atoms with van der Waals surface area (Å²) in [7, 11) is 4.29. The average Bonchev–Trinajstić information content (AvgIpc) is 2.28. The van der Waals surface area contributed by atoms with Crippen LogP contribution in [0, 0.1) is 0 Å². The molecule has 0 atom stereocenters. The second-order valence-corrected chi connectivity index (χ2v) is 5.36. The van der Waals surface area contributed by atoms with Crippen molar-refractivity contribution in [1.82, 2.24) is 14.7 Å². The summed E-state index contributed by atoms with van der Waals surface area (Å²) < 4.78 is 0. The van der Waals surface area contributed by atoms with E-state index in [2.05, 4.69) is 41.4 Å². The third kappa shape index (κ3) is 6.09. The quantitative estimate of drug-likeness (QED) is 0.527. The molecule has 16 heavy (non-hydrogen) atoms. The number of nitrogens with zero attached hydrogens (tertiary/aromatic N) is 3. The van der Waals surface area contributed by atoms with E-state index in [4.69, 9.17) is 0 Å². The molecule has 1 aliphatic rings. The molecule has 4 heteroatoms. The zero-order valence-corrected chi connectivity index (χ0v) is 11.8. The molecule has 1 heterocycles. The molecule has 0 saturated carbocycles. The molecule has 0 unspecified atom stereocenters. The smallest absolute Gasteiger partial charge is 0.0110 e. The number of piperazine rings is 1. The second-order valence-electron chi connectivity index (χ2n) is 4.92. The number of thiol groups is 1. The Morgan fingerprint density at radius 3 is 2.00 bits per heavy atom. The number of likely N-dealkylation sites (N-methyl/N-ethyl adjacent to an activating group) is 1. The van der Waals surface area contributed by atoms with Gasteiger partial charge in [0.25, 0.3) is 0 Å². The minimum absolute atomic E-state index is 1.03. The zero-order valence-electron chi connectivity index (χ0n) is 10.9. The highest BCUT2D eigenvalue weighted by molar-refractivity contribution is 7.80. The van der Waals surface area contributed by atoms with Crippen LogP contribution in [0.3, 0.4) is 0 Å². The van der Waals surface area contributed by atoms with Gasteiger partial charge in [0.05, 0.1) is 0 Å². The van der Waals surface area contributed by atoms with Gasteiger partial charge in [-0.05, 0) is 39.2 Å². The van der Waals surface area contributed by atoms with Gasteiger partial charge in [-0.25, -0.2) is 0 Å². The largest absolute Gasteiger partial charge is 0.308 e. The second kappa shape index (κ2) is 8.34. The molecular weight excluding hydrogens is 218 g/mol. The standard InChI is InChI=1S/C12H27N3S/c1-13(2)6-7-15-10-8-14(9-11-15)5-3-4-12-16/h16H,3-12H2,1-2H3. The van der Waals surface area contributed by atoms with E-state index in [0.29, 0.717) is 0 Å². The first-order valence-electron chi connectivity index (χ1n) is 6.42. The zero-order chi connectivity index (χ0) is 11.8. The van der Waals surface area contributed by atoms with Gasteiger partial charge in [0, 0.05) is 39.3 Å². The summed E-state index contributed by atoms with van der Waals surface area (Å²) in [5.41, 5.74) is 0. The number of unbranched alkanes of at least 4 members (excludes halogenated alkanes) is 1. The van der Waals surface area contributed by atoms with Crippen LogP contribution in [0.15, 0.2) is 0 Å². The van der Waals surface area contributed by atoms with Crippen molar-refractivity contribution >= 4 is 12.6 Å². The van der Waals surface area contributed by atoms with Crippen LogP contribution in [0.25, 0.3) is 0 Å². The highest BCUT2D eigenvalue weighted by Crippen LogP contribution is 2.03. The van der Waals surface area contributed by atoms with Gasteiger partial charge in [-0.2, -0.15) is 12.6 Å². The highest BCUT2D eigenvalue weighted by atomic mass is 32.1. The van der Waals surface area contributed by atoms with Crippen molar-refractivity contribution in [1.29, 1.82) is 0 Å². The van der Waals surface area contributed by atoms with Crippen molar-refractivity contribution in [3.63, 3.8) is 0 Å². The minimum Gasteiger partial charge on any atom is -0.308 e. The molecule has 1 rings (SSSR count). The van der Waals surface area contributed by atoms with Crippen LogP contribution >= 0.6 is 12.6 Å². The Kier molecular flexibility index (Phi) is 7.45. The molecule has 0 aliphatic carbocycles. The van der Waals surface area contributed by atoms with Crippen LogP contribution in [-0.4, -0.2) is 80.4 Å². The molecule has 96 valence electrons. The van der Waals surface area contributed by atoms with E-state index in [1.54, 1.807) is 0 Å². The van der Waals surface area contributed by atoms with E-state index < -0.39 is 0 Å². The van der Waals surface area contributed by atoms with Crippen molar-refractivity contribution < 1.29 is 0 Å². The van der Waals surface area contributed by atoms with Crippen LogP contribution in [0.1, 0.15) is 12.8 Å². The lowest BCUT2D eigenvalue weighted by Crippen LogP contribution is -2.48. The molecule has 0 aromatic heterocycles. The van der Waals surface area contributed by atoms with Gasteiger partial charge in [0.2, 0.25) is 0 Å². The van der Waals surface area contributed by atoms with E-state index in [1.165, 1.54) is 58.7 Å². The van der Waals surface area contributed by atoms with Gasteiger partial charge in [0.1, 0.15) is 0 Å². The first kappa shape index (κ1) is 14.3. The van der Waals surface area contributed by atoms with E-state index in [0.717, 1.165) is 5.75 Å². The van der Waals surface area contributed by atoms with Crippen molar-refractivity contribution in [3.05, 3.63) is 0 Å². The van der Waals surface area contributed by atoms with Gasteiger partial charge in [-0.15, -0.1) is 0 Å². The summed E-state index contributed by atoms with van der Waals surface area (Å²) in [6.07, 6.45) is 2.56. The van der Waals surface area contributed by atoms with Crippen molar-refractivity contribution in [2.24, 2.45) is 0 Å². The number of hydrogen-bond acceptors (Lipinski definition) is 4. The highest BCUT2D eigenvalue weighted by Gasteiger charge is 2.15. The Morgan fingerprint density at radius 1 is 0.938 bits per heavy atom. The third-order valence-electron chi connectivity index (χ3n) is 3.21. The fourth-order valence-electron chi connectivity index (χ4n) is 2.03. The molecule has 0 amide bonds. The van der Waals surface area contributed by atoms with E-state index >= 15 is 0 Å². The maximum Gasteiger partial charge on any atom is 0.0110 e. The van der Waals surface area contributed by atoms with Crippen molar-refractivity contribution in [2.75, 3.05) is 65.7 Å². The maximum absolute atomic E-state index is 4.25. The van der Waals surface area contributed by atoms with Gasteiger partial charge in [-0.3, -0.25) is 4.90 Å². The summed E-state index contributed by atoms with van der Waals surface area (Å²) in [6, 6.07) is 0. The summed E-state index contributed by atoms with van der Waals surface area (Å²) in [5, 5.41) is 0. The maximum atomic E-state index is 4.25. The SMILES string of the molecule is CN(C)CCN1CCN(CCCCS)CC1. The number of hydrogen-bond donors (Lipinski definition) is 1. The fourth-order valence-corrected chi connectivity index (χ4v) is 2.25. The first-order chi connectivity index (χ1) is 7.72. The van der Waals surface area contributed by atoms with E-state index in [-0.39, 0.29) is 0 Å². The summed E-state index contributed by atoms with van der Waals surface area (Å²) in [6.45, 7) is 8.66. The summed E-state index contributed by atoms with van der Waals surface area (Å²) in [5.74, 6) is 1.03. The summed E-state index contributed by atoms with van der Waals surface area (Å²) >= 11 is 4.25. The predicted octanol–water partition coefficient (Wildman–Crippen LogP) is 0.876. The minimum atomic E-state index is 1.03. The molecule has 1 saturated heterocycles. The Labute approximate surface area is 106 Å². The molecular formula is C12H27N3S. The molecule has 1 aliphatic heterocycles. The van der Waals surface area contributed by atoms with Gasteiger partial charge < -0.3 is 9.80 Å². The van der Waals surface area contributed by atoms with Crippen molar-refractivity contribution in [3.8, 4) is 0 Å². The third-order valence-corrected chi connectivity index (χ3v) is 3.53. The first-order valence-corrected chi connectivity index (χ1v) is 7.06.